The number of carbonyl (C=O) groups excluding carboxylic acids is 2. The first-order chi connectivity index (χ1) is 11.7. The number of hydrogen-bond donors (Lipinski definition) is 3. The third kappa shape index (κ3) is 5.31. The highest BCUT2D eigenvalue weighted by atomic mass is 35.5. The molecule has 2 amide bonds. The van der Waals surface area contributed by atoms with E-state index in [-0.39, 0.29) is 42.7 Å². The third-order valence-electron chi connectivity index (χ3n) is 3.72. The summed E-state index contributed by atoms with van der Waals surface area (Å²) in [5.74, 6) is -0.152. The lowest BCUT2D eigenvalue weighted by Crippen LogP contribution is -2.36. The molecule has 4 N–H and O–H groups in total. The van der Waals surface area contributed by atoms with E-state index in [2.05, 4.69) is 36.5 Å². The minimum absolute atomic E-state index is 0. The zero-order valence-corrected chi connectivity index (χ0v) is 16.3. The van der Waals surface area contributed by atoms with Crippen molar-refractivity contribution in [2.24, 2.45) is 5.73 Å². The number of amides is 2. The fourth-order valence-electron chi connectivity index (χ4n) is 2.26. The van der Waals surface area contributed by atoms with Gasteiger partial charge in [-0.05, 0) is 18.6 Å². The molecule has 1 aromatic heterocycles. The van der Waals surface area contributed by atoms with Crippen molar-refractivity contribution in [3.8, 4) is 5.69 Å². The Morgan fingerprint density at radius 3 is 2.42 bits per heavy atom. The second kappa shape index (κ2) is 8.82. The Morgan fingerprint density at radius 1 is 1.19 bits per heavy atom. The second-order valence-electron chi connectivity index (χ2n) is 6.89. The predicted octanol–water partition coefficient (Wildman–Crippen LogP) is 1.91. The molecule has 0 unspecified atom stereocenters. The van der Waals surface area contributed by atoms with Gasteiger partial charge in [-0.25, -0.2) is 4.68 Å². The SMILES string of the molecule is Cc1ccccc1-n1nc(C(C)(C)C)cc1NC(=O)CNC(=O)CN.Cl. The average molecular weight is 380 g/mol. The van der Waals surface area contributed by atoms with Crippen LogP contribution in [0.15, 0.2) is 30.3 Å². The molecular weight excluding hydrogens is 354 g/mol. The molecule has 26 heavy (non-hydrogen) atoms. The van der Waals surface area contributed by atoms with Crippen LogP contribution in [0, 0.1) is 6.92 Å². The molecule has 0 saturated carbocycles. The van der Waals surface area contributed by atoms with E-state index < -0.39 is 0 Å². The van der Waals surface area contributed by atoms with Crippen molar-refractivity contribution < 1.29 is 9.59 Å². The van der Waals surface area contributed by atoms with Crippen molar-refractivity contribution in [2.45, 2.75) is 33.1 Å². The Kier molecular flexibility index (Phi) is 7.35. The van der Waals surface area contributed by atoms with Gasteiger partial charge in [0.1, 0.15) is 5.82 Å². The van der Waals surface area contributed by atoms with Gasteiger partial charge in [-0.15, -0.1) is 12.4 Å². The third-order valence-corrected chi connectivity index (χ3v) is 3.72. The second-order valence-corrected chi connectivity index (χ2v) is 6.89. The summed E-state index contributed by atoms with van der Waals surface area (Å²) < 4.78 is 1.72. The number of nitrogens with one attached hydrogen (secondary N) is 2. The fourth-order valence-corrected chi connectivity index (χ4v) is 2.26. The van der Waals surface area contributed by atoms with Crippen LogP contribution in [0.25, 0.3) is 5.69 Å². The van der Waals surface area contributed by atoms with E-state index in [1.165, 1.54) is 0 Å². The van der Waals surface area contributed by atoms with Crippen LogP contribution in [-0.2, 0) is 15.0 Å². The largest absolute Gasteiger partial charge is 0.346 e. The number of anilines is 1. The molecule has 0 aliphatic rings. The molecule has 1 aromatic carbocycles. The maximum Gasteiger partial charge on any atom is 0.244 e. The van der Waals surface area contributed by atoms with Crippen molar-refractivity contribution in [3.63, 3.8) is 0 Å². The van der Waals surface area contributed by atoms with Crippen LogP contribution in [0.1, 0.15) is 32.0 Å². The van der Waals surface area contributed by atoms with Crippen LogP contribution in [0.2, 0.25) is 0 Å². The molecule has 2 aromatic rings. The predicted molar refractivity (Wildman–Crippen MR) is 105 cm³/mol. The van der Waals surface area contributed by atoms with E-state index in [0.29, 0.717) is 5.82 Å². The van der Waals surface area contributed by atoms with E-state index in [4.69, 9.17) is 5.73 Å². The van der Waals surface area contributed by atoms with Crippen molar-refractivity contribution in [1.29, 1.82) is 0 Å². The van der Waals surface area contributed by atoms with Crippen molar-refractivity contribution in [1.82, 2.24) is 15.1 Å². The number of benzene rings is 1. The van der Waals surface area contributed by atoms with Crippen LogP contribution in [0.3, 0.4) is 0 Å². The maximum atomic E-state index is 12.2. The van der Waals surface area contributed by atoms with E-state index in [1.54, 1.807) is 4.68 Å². The maximum absolute atomic E-state index is 12.2. The van der Waals surface area contributed by atoms with Crippen LogP contribution in [0.5, 0.6) is 0 Å². The molecule has 0 bridgehead atoms. The number of nitrogens with two attached hydrogens (primary N) is 1. The Morgan fingerprint density at radius 2 is 1.85 bits per heavy atom. The minimum Gasteiger partial charge on any atom is -0.346 e. The number of carbonyl (C=O) groups is 2. The molecule has 0 spiro atoms. The minimum atomic E-state index is -0.377. The lowest BCUT2D eigenvalue weighted by molar-refractivity contribution is -0.123. The highest BCUT2D eigenvalue weighted by molar-refractivity contribution is 5.94. The molecule has 0 radical (unpaired) electrons. The van der Waals surface area contributed by atoms with E-state index in [1.807, 2.05) is 37.3 Å². The number of aromatic nitrogens is 2. The molecule has 0 atom stereocenters. The number of aryl methyl sites for hydroxylation is 1. The quantitative estimate of drug-likeness (QED) is 0.738. The van der Waals surface area contributed by atoms with Crippen LogP contribution < -0.4 is 16.4 Å². The summed E-state index contributed by atoms with van der Waals surface area (Å²) in [7, 11) is 0. The highest BCUT2D eigenvalue weighted by Gasteiger charge is 2.22. The summed E-state index contributed by atoms with van der Waals surface area (Å²) in [5.41, 5.74) is 7.84. The summed E-state index contributed by atoms with van der Waals surface area (Å²) in [6.45, 7) is 7.88. The number of halogens is 1. The number of nitrogens with zero attached hydrogens (tertiary/aromatic N) is 2. The first-order valence-corrected chi connectivity index (χ1v) is 8.15. The molecule has 8 heteroatoms. The van der Waals surface area contributed by atoms with Crippen molar-refractivity contribution >= 4 is 30.0 Å². The molecule has 0 fully saturated rings. The van der Waals surface area contributed by atoms with E-state index in [0.717, 1.165) is 16.9 Å². The smallest absolute Gasteiger partial charge is 0.244 e. The van der Waals surface area contributed by atoms with Gasteiger partial charge < -0.3 is 16.4 Å². The van der Waals surface area contributed by atoms with Crippen LogP contribution in [-0.4, -0.2) is 34.7 Å². The lowest BCUT2D eigenvalue weighted by Gasteiger charge is -2.14. The van der Waals surface area contributed by atoms with Gasteiger partial charge in [-0.2, -0.15) is 5.10 Å². The number of rotatable bonds is 5. The average Bonchev–Trinajstić information content (AvgIpc) is 2.97. The molecule has 0 aliphatic heterocycles. The zero-order valence-electron chi connectivity index (χ0n) is 15.5. The lowest BCUT2D eigenvalue weighted by atomic mass is 9.92. The normalized spacial score (nSPS) is 10.8. The number of hydrogen-bond acceptors (Lipinski definition) is 4. The Bertz CT molecular complexity index is 780. The van der Waals surface area contributed by atoms with Gasteiger partial charge in [-0.3, -0.25) is 9.59 Å². The summed E-state index contributed by atoms with van der Waals surface area (Å²) in [5, 5.41) is 9.94. The Labute approximate surface area is 159 Å². The summed E-state index contributed by atoms with van der Waals surface area (Å²) in [6.07, 6.45) is 0. The molecule has 7 nitrogen and oxygen atoms in total. The van der Waals surface area contributed by atoms with Gasteiger partial charge in [0.15, 0.2) is 0 Å². The molecule has 0 aliphatic carbocycles. The van der Waals surface area contributed by atoms with Gasteiger partial charge in [0, 0.05) is 11.5 Å². The van der Waals surface area contributed by atoms with Crippen molar-refractivity contribution in [3.05, 3.63) is 41.6 Å². The number of para-hydroxylation sites is 1. The standard InChI is InChI=1S/C18H25N5O2.ClH/c1-12-7-5-6-8-13(12)23-15(9-14(22-23)18(2,3)4)21-17(25)11-20-16(24)10-19;/h5-9H,10-11,19H2,1-4H3,(H,20,24)(H,21,25);1H. The van der Waals surface area contributed by atoms with Gasteiger partial charge in [0.25, 0.3) is 0 Å². The molecule has 142 valence electrons. The van der Waals surface area contributed by atoms with Crippen LogP contribution >= 0.6 is 12.4 Å². The first kappa shape index (κ1) is 21.7. The monoisotopic (exact) mass is 379 g/mol. The Hall–Kier alpha value is -2.38. The summed E-state index contributed by atoms with van der Waals surface area (Å²) >= 11 is 0. The van der Waals surface area contributed by atoms with Crippen molar-refractivity contribution in [2.75, 3.05) is 18.4 Å². The van der Waals surface area contributed by atoms with Gasteiger partial charge in [-0.1, -0.05) is 39.0 Å². The fraction of sp³-hybridized carbons (Fsp3) is 0.389. The van der Waals surface area contributed by atoms with Gasteiger partial charge in [0.05, 0.1) is 24.5 Å². The van der Waals surface area contributed by atoms with E-state index >= 15 is 0 Å². The Balaban J connectivity index is 0.00000338. The first-order valence-electron chi connectivity index (χ1n) is 8.15. The highest BCUT2D eigenvalue weighted by Crippen LogP contribution is 2.27. The molecular formula is C18H26ClN5O2. The molecule has 2 rings (SSSR count). The summed E-state index contributed by atoms with van der Waals surface area (Å²) in [4.78, 5) is 23.4. The van der Waals surface area contributed by atoms with Gasteiger partial charge in [0.2, 0.25) is 11.8 Å². The topological polar surface area (TPSA) is 102 Å². The zero-order chi connectivity index (χ0) is 18.6. The molecule has 0 saturated heterocycles. The molecule has 1 heterocycles. The van der Waals surface area contributed by atoms with E-state index in [9.17, 15) is 9.59 Å². The summed E-state index contributed by atoms with van der Waals surface area (Å²) in [6, 6.07) is 9.66. The van der Waals surface area contributed by atoms with Gasteiger partial charge >= 0.3 is 0 Å². The van der Waals surface area contributed by atoms with Crippen LogP contribution in [0.4, 0.5) is 5.82 Å².